The molecule has 20 heavy (non-hydrogen) atoms. The van der Waals surface area contributed by atoms with Crippen molar-refractivity contribution in [1.29, 1.82) is 0 Å². The van der Waals surface area contributed by atoms with E-state index in [0.29, 0.717) is 17.1 Å². The molecule has 0 aliphatic carbocycles. The number of nitrogens with two attached hydrogens (primary N) is 1. The van der Waals surface area contributed by atoms with Gasteiger partial charge in [-0.2, -0.15) is 0 Å². The van der Waals surface area contributed by atoms with Crippen LogP contribution in [0.5, 0.6) is 0 Å². The Balaban J connectivity index is 2.42. The van der Waals surface area contributed by atoms with E-state index in [-0.39, 0.29) is 22.3 Å². The molecule has 7 nitrogen and oxygen atoms in total. The number of aromatic nitrogens is 4. The van der Waals surface area contributed by atoms with Gasteiger partial charge in [-0.1, -0.05) is 23.2 Å². The van der Waals surface area contributed by atoms with Gasteiger partial charge in [0.05, 0.1) is 22.3 Å². The summed E-state index contributed by atoms with van der Waals surface area (Å²) < 4.78 is 23.7. The lowest BCUT2D eigenvalue weighted by Crippen LogP contribution is -2.13. The van der Waals surface area contributed by atoms with Crippen LogP contribution in [0.15, 0.2) is 12.1 Å². The van der Waals surface area contributed by atoms with Gasteiger partial charge in [-0.15, -0.1) is 5.10 Å². The SMILES string of the molecule is CS(=O)(=O)CCn1nnnc1-c1cc(N)cc(Cl)c1Cl. The predicted octanol–water partition coefficient (Wildman–Crippen LogP) is 1.27. The first-order valence-corrected chi connectivity index (χ1v) is 8.28. The van der Waals surface area contributed by atoms with E-state index in [0.717, 1.165) is 6.26 Å². The molecule has 0 fully saturated rings. The Bertz CT molecular complexity index is 744. The quantitative estimate of drug-likeness (QED) is 0.844. The zero-order chi connectivity index (χ0) is 14.9. The Kier molecular flexibility index (Phi) is 4.17. The van der Waals surface area contributed by atoms with Crippen LogP contribution in [-0.2, 0) is 16.4 Å². The summed E-state index contributed by atoms with van der Waals surface area (Å²) in [7, 11) is -3.13. The number of nitrogens with zero attached hydrogens (tertiary/aromatic N) is 4. The molecule has 2 rings (SSSR count). The third-order valence-corrected chi connectivity index (χ3v) is 4.22. The van der Waals surface area contributed by atoms with Crippen molar-refractivity contribution in [3.63, 3.8) is 0 Å². The monoisotopic (exact) mass is 335 g/mol. The van der Waals surface area contributed by atoms with Crippen molar-refractivity contribution in [1.82, 2.24) is 20.2 Å². The largest absolute Gasteiger partial charge is 0.399 e. The van der Waals surface area contributed by atoms with Gasteiger partial charge in [-0.25, -0.2) is 13.1 Å². The van der Waals surface area contributed by atoms with Crippen LogP contribution in [0.3, 0.4) is 0 Å². The molecule has 0 amide bonds. The third-order valence-electron chi connectivity index (χ3n) is 2.50. The molecule has 2 aromatic rings. The average molecular weight is 336 g/mol. The van der Waals surface area contributed by atoms with Gasteiger partial charge in [-0.3, -0.25) is 0 Å². The molecule has 0 unspecified atom stereocenters. The minimum atomic E-state index is -3.13. The Morgan fingerprint density at radius 3 is 2.70 bits per heavy atom. The van der Waals surface area contributed by atoms with E-state index in [1.807, 2.05) is 0 Å². The fraction of sp³-hybridized carbons (Fsp3) is 0.300. The second-order valence-corrected chi connectivity index (χ2v) is 7.26. The Morgan fingerprint density at radius 1 is 1.35 bits per heavy atom. The number of hydrogen-bond donors (Lipinski definition) is 1. The highest BCUT2D eigenvalue weighted by molar-refractivity contribution is 7.90. The van der Waals surface area contributed by atoms with Gasteiger partial charge in [0.15, 0.2) is 5.82 Å². The molecule has 0 spiro atoms. The van der Waals surface area contributed by atoms with Crippen LogP contribution < -0.4 is 5.73 Å². The molecule has 0 saturated carbocycles. The van der Waals surface area contributed by atoms with E-state index < -0.39 is 9.84 Å². The van der Waals surface area contributed by atoms with Crippen LogP contribution in [0, 0.1) is 0 Å². The molecule has 0 saturated heterocycles. The summed E-state index contributed by atoms with van der Waals surface area (Å²) in [4.78, 5) is 0. The van der Waals surface area contributed by atoms with Crippen molar-refractivity contribution in [2.24, 2.45) is 0 Å². The van der Waals surface area contributed by atoms with Crippen molar-refractivity contribution < 1.29 is 8.42 Å². The van der Waals surface area contributed by atoms with Gasteiger partial charge in [0, 0.05) is 17.5 Å². The Hall–Kier alpha value is -1.38. The maximum Gasteiger partial charge on any atom is 0.183 e. The molecule has 1 aromatic carbocycles. The Morgan fingerprint density at radius 2 is 2.05 bits per heavy atom. The van der Waals surface area contributed by atoms with Crippen molar-refractivity contribution >= 4 is 38.7 Å². The maximum atomic E-state index is 11.2. The van der Waals surface area contributed by atoms with E-state index in [2.05, 4.69) is 15.5 Å². The summed E-state index contributed by atoms with van der Waals surface area (Å²) in [6.45, 7) is 0.115. The third kappa shape index (κ3) is 3.38. The second kappa shape index (κ2) is 5.55. The van der Waals surface area contributed by atoms with Crippen LogP contribution >= 0.6 is 23.2 Å². The molecule has 0 radical (unpaired) electrons. The summed E-state index contributed by atoms with van der Waals surface area (Å²) in [6, 6.07) is 3.09. The first kappa shape index (κ1) is 15.0. The minimum absolute atomic E-state index is 0.0846. The highest BCUT2D eigenvalue weighted by Gasteiger charge is 2.16. The van der Waals surface area contributed by atoms with E-state index in [4.69, 9.17) is 28.9 Å². The number of aryl methyl sites for hydroxylation is 1. The van der Waals surface area contributed by atoms with Gasteiger partial charge in [0.2, 0.25) is 0 Å². The van der Waals surface area contributed by atoms with Crippen molar-refractivity contribution in [3.05, 3.63) is 22.2 Å². The summed E-state index contributed by atoms with van der Waals surface area (Å²) in [5.74, 6) is 0.228. The average Bonchev–Trinajstić information content (AvgIpc) is 2.78. The van der Waals surface area contributed by atoms with Gasteiger partial charge >= 0.3 is 0 Å². The molecule has 1 aromatic heterocycles. The molecule has 108 valence electrons. The number of hydrogen-bond acceptors (Lipinski definition) is 6. The molecular weight excluding hydrogens is 325 g/mol. The van der Waals surface area contributed by atoms with Gasteiger partial charge < -0.3 is 5.73 Å². The van der Waals surface area contributed by atoms with Crippen LogP contribution in [0.1, 0.15) is 0 Å². The first-order valence-electron chi connectivity index (χ1n) is 5.47. The summed E-state index contributed by atoms with van der Waals surface area (Å²) in [5.41, 5.74) is 6.57. The molecule has 10 heteroatoms. The van der Waals surface area contributed by atoms with Gasteiger partial charge in [0.1, 0.15) is 9.84 Å². The lowest BCUT2D eigenvalue weighted by Gasteiger charge is -2.08. The fourth-order valence-corrected chi connectivity index (χ4v) is 2.50. The standard InChI is InChI=1S/C10H11Cl2N5O2S/c1-20(18,19)3-2-17-10(14-15-16-17)7-4-6(13)5-8(11)9(7)12/h4-5H,2-3,13H2,1H3. The zero-order valence-electron chi connectivity index (χ0n) is 10.4. The lowest BCUT2D eigenvalue weighted by atomic mass is 10.2. The molecular formula is C10H11Cl2N5O2S. The summed E-state index contributed by atoms with van der Waals surface area (Å²) in [5, 5.41) is 11.6. The van der Waals surface area contributed by atoms with E-state index in [9.17, 15) is 8.42 Å². The van der Waals surface area contributed by atoms with Crippen LogP contribution in [0.2, 0.25) is 10.0 Å². The number of anilines is 1. The van der Waals surface area contributed by atoms with Crippen LogP contribution in [-0.4, -0.2) is 40.6 Å². The number of sulfone groups is 1. The van der Waals surface area contributed by atoms with Gasteiger partial charge in [0.25, 0.3) is 0 Å². The highest BCUT2D eigenvalue weighted by Crippen LogP contribution is 2.34. The smallest absolute Gasteiger partial charge is 0.183 e. The van der Waals surface area contributed by atoms with Crippen molar-refractivity contribution in [2.75, 3.05) is 17.7 Å². The topological polar surface area (TPSA) is 104 Å². The number of rotatable bonds is 4. The van der Waals surface area contributed by atoms with E-state index in [1.54, 1.807) is 6.07 Å². The number of benzene rings is 1. The molecule has 0 atom stereocenters. The lowest BCUT2D eigenvalue weighted by molar-refractivity contribution is 0.581. The fourth-order valence-electron chi connectivity index (χ4n) is 1.57. The van der Waals surface area contributed by atoms with E-state index >= 15 is 0 Å². The normalized spacial score (nSPS) is 11.8. The molecule has 0 aliphatic heterocycles. The Labute approximate surface area is 125 Å². The molecule has 2 N–H and O–H groups in total. The van der Waals surface area contributed by atoms with Crippen molar-refractivity contribution in [3.8, 4) is 11.4 Å². The second-order valence-electron chi connectivity index (χ2n) is 4.22. The van der Waals surface area contributed by atoms with Crippen molar-refractivity contribution in [2.45, 2.75) is 6.54 Å². The minimum Gasteiger partial charge on any atom is -0.399 e. The van der Waals surface area contributed by atoms with E-state index in [1.165, 1.54) is 10.7 Å². The molecule has 1 heterocycles. The highest BCUT2D eigenvalue weighted by atomic mass is 35.5. The van der Waals surface area contributed by atoms with Gasteiger partial charge in [-0.05, 0) is 22.6 Å². The number of tetrazole rings is 1. The molecule has 0 bridgehead atoms. The number of halogens is 2. The van der Waals surface area contributed by atoms with Crippen LogP contribution in [0.25, 0.3) is 11.4 Å². The first-order chi connectivity index (χ1) is 9.28. The zero-order valence-corrected chi connectivity index (χ0v) is 12.7. The summed E-state index contributed by atoms with van der Waals surface area (Å²) in [6.07, 6.45) is 1.14. The summed E-state index contributed by atoms with van der Waals surface area (Å²) >= 11 is 12.1. The predicted molar refractivity (Wildman–Crippen MR) is 77.4 cm³/mol. The number of nitrogen functional groups attached to an aromatic ring is 1. The van der Waals surface area contributed by atoms with Crippen LogP contribution in [0.4, 0.5) is 5.69 Å². The molecule has 0 aliphatic rings. The maximum absolute atomic E-state index is 11.2.